The van der Waals surface area contributed by atoms with Crippen LogP contribution >= 0.6 is 0 Å². The van der Waals surface area contributed by atoms with E-state index in [4.69, 9.17) is 9.47 Å². The van der Waals surface area contributed by atoms with Gasteiger partial charge in [-0.1, -0.05) is 13.8 Å². The number of carbonyl (C=O) groups is 4. The minimum absolute atomic E-state index is 0.0575. The normalized spacial score (nSPS) is 45.4. The molecule has 0 heterocycles. The van der Waals surface area contributed by atoms with Crippen LogP contribution in [0, 0.1) is 22.7 Å². The summed E-state index contributed by atoms with van der Waals surface area (Å²) in [4.78, 5) is 48.8. The number of ketones is 2. The molecule has 3 saturated carbocycles. The van der Waals surface area contributed by atoms with E-state index >= 15 is 8.78 Å². The Morgan fingerprint density at radius 2 is 1.82 bits per heavy atom. The van der Waals surface area contributed by atoms with Gasteiger partial charge in [0, 0.05) is 37.0 Å². The number of carbonyl (C=O) groups excluding carboxylic acids is 4. The minimum Gasteiger partial charge on any atom is -0.458 e. The summed E-state index contributed by atoms with van der Waals surface area (Å²) in [5.74, 6) is -3.81. The molecule has 0 aliphatic heterocycles. The lowest BCUT2D eigenvalue weighted by Crippen LogP contribution is -2.71. The highest BCUT2D eigenvalue weighted by molar-refractivity contribution is 5.93. The van der Waals surface area contributed by atoms with Crippen LogP contribution in [0.2, 0.25) is 0 Å². The molecule has 34 heavy (non-hydrogen) atoms. The Bertz CT molecular complexity index is 978. The molecule has 0 radical (unpaired) electrons. The van der Waals surface area contributed by atoms with Crippen LogP contribution in [0.3, 0.4) is 0 Å². The largest absolute Gasteiger partial charge is 0.458 e. The van der Waals surface area contributed by atoms with Crippen molar-refractivity contribution in [2.24, 2.45) is 22.7 Å². The van der Waals surface area contributed by atoms with E-state index in [9.17, 15) is 24.3 Å². The number of esters is 2. The maximum absolute atomic E-state index is 17.2. The zero-order valence-electron chi connectivity index (χ0n) is 20.0. The van der Waals surface area contributed by atoms with Gasteiger partial charge in [0.15, 0.2) is 18.0 Å². The van der Waals surface area contributed by atoms with Crippen LogP contribution in [-0.4, -0.2) is 58.8 Å². The molecule has 0 aromatic rings. The van der Waals surface area contributed by atoms with Crippen molar-refractivity contribution in [1.29, 1.82) is 0 Å². The molecule has 0 aromatic heterocycles. The number of rotatable bonds is 4. The lowest BCUT2D eigenvalue weighted by molar-refractivity contribution is -0.236. The summed E-state index contributed by atoms with van der Waals surface area (Å²) in [6.45, 7) is 4.94. The summed E-state index contributed by atoms with van der Waals surface area (Å²) in [6, 6.07) is 0. The maximum atomic E-state index is 17.2. The summed E-state index contributed by atoms with van der Waals surface area (Å²) in [7, 11) is 0. The van der Waals surface area contributed by atoms with Crippen molar-refractivity contribution >= 4 is 23.5 Å². The Labute approximate surface area is 197 Å². The van der Waals surface area contributed by atoms with Crippen molar-refractivity contribution in [1.82, 2.24) is 0 Å². The Morgan fingerprint density at radius 3 is 2.44 bits per heavy atom. The van der Waals surface area contributed by atoms with E-state index in [0.717, 1.165) is 13.8 Å². The number of aliphatic hydroxyl groups excluding tert-OH is 1. The Hall–Kier alpha value is -2.16. The predicted octanol–water partition coefficient (Wildman–Crippen LogP) is 2.96. The van der Waals surface area contributed by atoms with Gasteiger partial charge in [-0.3, -0.25) is 19.2 Å². The smallest absolute Gasteiger partial charge is 0.303 e. The molecular formula is C25H32F2O7. The van der Waals surface area contributed by atoms with Gasteiger partial charge in [-0.05, 0) is 49.7 Å². The highest BCUT2D eigenvalue weighted by atomic mass is 19.1. The molecule has 0 aromatic carbocycles. The second kappa shape index (κ2) is 7.93. The fraction of sp³-hybridized carbons (Fsp3) is 0.760. The van der Waals surface area contributed by atoms with E-state index in [0.29, 0.717) is 0 Å². The summed E-state index contributed by atoms with van der Waals surface area (Å²) in [5, 5.41) is 11.4. The monoisotopic (exact) mass is 482 g/mol. The molecule has 0 bridgehead atoms. The van der Waals surface area contributed by atoms with Crippen LogP contribution in [0.4, 0.5) is 8.78 Å². The average Bonchev–Trinajstić information content (AvgIpc) is 3.02. The molecule has 1 N–H and O–H groups in total. The van der Waals surface area contributed by atoms with Crippen LogP contribution in [0.15, 0.2) is 11.6 Å². The molecular weight excluding hydrogens is 450 g/mol. The zero-order chi connectivity index (χ0) is 25.3. The number of halogens is 2. The van der Waals surface area contributed by atoms with E-state index < -0.39 is 70.5 Å². The summed E-state index contributed by atoms with van der Waals surface area (Å²) in [6.07, 6.45) is -1.88. The first-order valence-corrected chi connectivity index (χ1v) is 11.8. The molecule has 0 saturated heterocycles. The fourth-order valence-corrected chi connectivity index (χ4v) is 7.76. The van der Waals surface area contributed by atoms with E-state index in [1.807, 2.05) is 0 Å². The third-order valence-corrected chi connectivity index (χ3v) is 9.32. The third-order valence-electron chi connectivity index (χ3n) is 9.32. The number of allylic oxidation sites excluding steroid dienone is 1. The van der Waals surface area contributed by atoms with Gasteiger partial charge in [-0.15, -0.1) is 0 Å². The average molecular weight is 483 g/mol. The molecule has 0 amide bonds. The highest BCUT2D eigenvalue weighted by Gasteiger charge is 2.76. The number of hydrogen-bond acceptors (Lipinski definition) is 7. The lowest BCUT2D eigenvalue weighted by atomic mass is 9.43. The van der Waals surface area contributed by atoms with Gasteiger partial charge in [-0.2, -0.15) is 0 Å². The van der Waals surface area contributed by atoms with Crippen molar-refractivity contribution < 1.29 is 42.5 Å². The summed E-state index contributed by atoms with van der Waals surface area (Å²) in [5.41, 5.74) is -6.40. The molecule has 4 rings (SSSR count). The SMILES string of the molecule is CC(=O)OCC(=O)[C@@]1(OC(C)=O)CC[C@H]2[C@@H]3C[C@H](F)C4=CC(=O)CC[C@]4(C)[C@@]3(F)[C@@H](O)C[C@@]21C. The van der Waals surface area contributed by atoms with E-state index in [-0.39, 0.29) is 49.9 Å². The zero-order valence-corrected chi connectivity index (χ0v) is 20.0. The molecule has 3 fully saturated rings. The van der Waals surface area contributed by atoms with Crippen molar-refractivity contribution in [2.45, 2.75) is 89.8 Å². The van der Waals surface area contributed by atoms with E-state index in [1.165, 1.54) is 6.08 Å². The molecule has 8 atom stereocenters. The van der Waals surface area contributed by atoms with Crippen LogP contribution in [0.1, 0.15) is 66.2 Å². The molecule has 0 unspecified atom stereocenters. The molecule has 188 valence electrons. The van der Waals surface area contributed by atoms with Crippen molar-refractivity contribution in [3.05, 3.63) is 11.6 Å². The molecule has 7 nitrogen and oxygen atoms in total. The number of aliphatic hydroxyl groups is 1. The van der Waals surface area contributed by atoms with Crippen LogP contribution < -0.4 is 0 Å². The van der Waals surface area contributed by atoms with Crippen LogP contribution in [-0.2, 0) is 28.7 Å². The fourth-order valence-electron chi connectivity index (χ4n) is 7.76. The Balaban J connectivity index is 1.80. The topological polar surface area (TPSA) is 107 Å². The van der Waals surface area contributed by atoms with Gasteiger partial charge in [0.25, 0.3) is 0 Å². The lowest BCUT2D eigenvalue weighted by Gasteiger charge is -2.64. The second-order valence-electron chi connectivity index (χ2n) is 10.9. The minimum atomic E-state index is -2.21. The van der Waals surface area contributed by atoms with Gasteiger partial charge in [0.1, 0.15) is 11.8 Å². The third kappa shape index (κ3) is 3.14. The van der Waals surface area contributed by atoms with Crippen LogP contribution in [0.25, 0.3) is 0 Å². The number of ether oxygens (including phenoxy) is 2. The predicted molar refractivity (Wildman–Crippen MR) is 115 cm³/mol. The standard InChI is InChI=1S/C25H32F2O7/c1-13(28)33-12-21(32)24(34-14(2)29)8-6-16-17-10-19(26)18-9-15(30)5-7-22(18,3)25(17,27)20(31)11-23(16,24)4/h9,16-17,19-20,31H,5-8,10-12H2,1-4H3/t16-,17-,19-,20-,22-,23-,24-,25-/m0/s1. The van der Waals surface area contributed by atoms with Gasteiger partial charge in [0.2, 0.25) is 5.78 Å². The second-order valence-corrected chi connectivity index (χ2v) is 10.9. The van der Waals surface area contributed by atoms with E-state index in [2.05, 4.69) is 0 Å². The van der Waals surface area contributed by atoms with Crippen molar-refractivity contribution in [2.75, 3.05) is 6.61 Å². The number of Topliss-reactive ketones (excluding diaryl/α,β-unsaturated/α-hetero) is 1. The van der Waals surface area contributed by atoms with Gasteiger partial charge < -0.3 is 14.6 Å². The van der Waals surface area contributed by atoms with Crippen molar-refractivity contribution in [3.63, 3.8) is 0 Å². The molecule has 4 aliphatic rings. The first kappa shape index (κ1) is 24.9. The Morgan fingerprint density at radius 1 is 1.15 bits per heavy atom. The van der Waals surface area contributed by atoms with Gasteiger partial charge in [-0.25, -0.2) is 8.78 Å². The highest BCUT2D eigenvalue weighted by Crippen LogP contribution is 2.71. The number of hydrogen-bond donors (Lipinski definition) is 1. The quantitative estimate of drug-likeness (QED) is 0.614. The maximum Gasteiger partial charge on any atom is 0.303 e. The van der Waals surface area contributed by atoms with Crippen LogP contribution in [0.5, 0.6) is 0 Å². The first-order valence-electron chi connectivity index (χ1n) is 11.8. The number of fused-ring (bicyclic) bond motifs is 5. The molecule has 0 spiro atoms. The molecule has 4 aliphatic carbocycles. The van der Waals surface area contributed by atoms with E-state index in [1.54, 1.807) is 13.8 Å². The summed E-state index contributed by atoms with van der Waals surface area (Å²) >= 11 is 0. The number of alkyl halides is 2. The summed E-state index contributed by atoms with van der Waals surface area (Å²) < 4.78 is 43.2. The van der Waals surface area contributed by atoms with Gasteiger partial charge in [0.05, 0.1) is 6.10 Å². The van der Waals surface area contributed by atoms with Crippen molar-refractivity contribution in [3.8, 4) is 0 Å². The first-order chi connectivity index (χ1) is 15.7. The van der Waals surface area contributed by atoms with Gasteiger partial charge >= 0.3 is 11.9 Å². The Kier molecular flexibility index (Phi) is 5.82. The molecule has 9 heteroatoms.